The zero-order valence-electron chi connectivity index (χ0n) is 10.6. The van der Waals surface area contributed by atoms with E-state index >= 15 is 0 Å². The fourth-order valence-corrected chi connectivity index (χ4v) is 2.46. The standard InChI is InChI=1S/C13H19N3O2/c1-14-7-8-4-10(5-8)18-12-6-11(17)15-13(16-12)9-2-3-9/h6,8-10,14H,2-5,7H2,1H3,(H,15,16,17). The molecular weight excluding hydrogens is 230 g/mol. The number of nitrogens with zero attached hydrogens (tertiary/aromatic N) is 1. The molecule has 0 spiro atoms. The highest BCUT2D eigenvalue weighted by Gasteiger charge is 2.31. The Morgan fingerprint density at radius 3 is 2.94 bits per heavy atom. The van der Waals surface area contributed by atoms with Crippen molar-refractivity contribution in [2.75, 3.05) is 13.6 Å². The molecule has 0 atom stereocenters. The van der Waals surface area contributed by atoms with Crippen molar-refractivity contribution in [2.45, 2.75) is 37.7 Å². The van der Waals surface area contributed by atoms with Crippen LogP contribution in [-0.4, -0.2) is 29.7 Å². The zero-order chi connectivity index (χ0) is 12.5. The first-order valence-electron chi connectivity index (χ1n) is 6.67. The number of hydrogen-bond donors (Lipinski definition) is 2. The van der Waals surface area contributed by atoms with Gasteiger partial charge in [-0.1, -0.05) is 0 Å². The maximum atomic E-state index is 11.5. The number of nitrogens with one attached hydrogen (secondary N) is 2. The quantitative estimate of drug-likeness (QED) is 0.817. The number of ether oxygens (including phenoxy) is 1. The number of aromatic amines is 1. The third-order valence-corrected chi connectivity index (χ3v) is 3.67. The van der Waals surface area contributed by atoms with Crippen LogP contribution in [0.3, 0.4) is 0 Å². The Labute approximate surface area is 106 Å². The van der Waals surface area contributed by atoms with Gasteiger partial charge in [0.05, 0.1) is 6.07 Å². The molecular formula is C13H19N3O2. The second-order valence-electron chi connectivity index (χ2n) is 5.38. The molecule has 1 aromatic heterocycles. The number of rotatable bonds is 5. The van der Waals surface area contributed by atoms with Crippen LogP contribution in [0.2, 0.25) is 0 Å². The highest BCUT2D eigenvalue weighted by atomic mass is 16.5. The van der Waals surface area contributed by atoms with Crippen LogP contribution in [0.1, 0.15) is 37.4 Å². The first-order valence-corrected chi connectivity index (χ1v) is 6.67. The third-order valence-electron chi connectivity index (χ3n) is 3.67. The van der Waals surface area contributed by atoms with Crippen molar-refractivity contribution in [3.05, 3.63) is 22.2 Å². The smallest absolute Gasteiger partial charge is 0.254 e. The lowest BCUT2D eigenvalue weighted by Gasteiger charge is -2.34. The largest absolute Gasteiger partial charge is 0.474 e. The van der Waals surface area contributed by atoms with Gasteiger partial charge < -0.3 is 15.0 Å². The third kappa shape index (κ3) is 2.56. The van der Waals surface area contributed by atoms with E-state index in [1.807, 2.05) is 7.05 Å². The minimum atomic E-state index is -0.104. The Morgan fingerprint density at radius 1 is 1.50 bits per heavy atom. The Morgan fingerprint density at radius 2 is 2.28 bits per heavy atom. The molecule has 2 aliphatic carbocycles. The van der Waals surface area contributed by atoms with Crippen LogP contribution in [0.5, 0.6) is 5.88 Å². The molecule has 2 N–H and O–H groups in total. The van der Waals surface area contributed by atoms with Gasteiger partial charge in [0.1, 0.15) is 11.9 Å². The number of hydrogen-bond acceptors (Lipinski definition) is 4. The molecule has 0 aliphatic heterocycles. The van der Waals surface area contributed by atoms with Gasteiger partial charge >= 0.3 is 0 Å². The van der Waals surface area contributed by atoms with Crippen molar-refractivity contribution in [2.24, 2.45) is 5.92 Å². The maximum Gasteiger partial charge on any atom is 0.254 e. The van der Waals surface area contributed by atoms with Crippen LogP contribution in [0.15, 0.2) is 10.9 Å². The van der Waals surface area contributed by atoms with Gasteiger partial charge in [-0.2, -0.15) is 4.98 Å². The summed E-state index contributed by atoms with van der Waals surface area (Å²) in [5.74, 6) is 2.43. The Bertz CT molecular complexity index is 475. The summed E-state index contributed by atoms with van der Waals surface area (Å²) in [5, 5.41) is 3.17. The first kappa shape index (κ1) is 11.7. The minimum Gasteiger partial charge on any atom is -0.474 e. The molecule has 2 aliphatic rings. The molecule has 18 heavy (non-hydrogen) atoms. The maximum absolute atomic E-state index is 11.5. The Balaban J connectivity index is 1.61. The summed E-state index contributed by atoms with van der Waals surface area (Å²) in [4.78, 5) is 18.7. The van der Waals surface area contributed by atoms with Crippen molar-refractivity contribution < 1.29 is 4.74 Å². The predicted molar refractivity (Wildman–Crippen MR) is 67.9 cm³/mol. The average Bonchev–Trinajstić information content (AvgIpc) is 3.09. The van der Waals surface area contributed by atoms with Gasteiger partial charge in [-0.3, -0.25) is 4.79 Å². The molecule has 0 saturated heterocycles. The van der Waals surface area contributed by atoms with Gasteiger partial charge in [0.25, 0.3) is 5.56 Å². The summed E-state index contributed by atoms with van der Waals surface area (Å²) >= 11 is 0. The van der Waals surface area contributed by atoms with E-state index in [0.717, 1.165) is 38.1 Å². The SMILES string of the molecule is CNCC1CC(Oc2cc(=O)[nH]c(C3CC3)n2)C1. The van der Waals surface area contributed by atoms with Gasteiger partial charge in [0.15, 0.2) is 0 Å². The monoisotopic (exact) mass is 249 g/mol. The molecule has 0 amide bonds. The van der Waals surface area contributed by atoms with Crippen LogP contribution in [0.4, 0.5) is 0 Å². The van der Waals surface area contributed by atoms with E-state index in [-0.39, 0.29) is 11.7 Å². The summed E-state index contributed by atoms with van der Waals surface area (Å²) in [5.41, 5.74) is -0.104. The highest BCUT2D eigenvalue weighted by molar-refractivity contribution is 5.14. The van der Waals surface area contributed by atoms with Crippen molar-refractivity contribution in [1.82, 2.24) is 15.3 Å². The molecule has 5 nitrogen and oxygen atoms in total. The van der Waals surface area contributed by atoms with E-state index in [9.17, 15) is 4.79 Å². The average molecular weight is 249 g/mol. The molecule has 1 aromatic rings. The van der Waals surface area contributed by atoms with E-state index in [1.165, 1.54) is 6.07 Å². The highest BCUT2D eigenvalue weighted by Crippen LogP contribution is 2.38. The molecule has 2 saturated carbocycles. The fraction of sp³-hybridized carbons (Fsp3) is 0.692. The van der Waals surface area contributed by atoms with Crippen LogP contribution in [-0.2, 0) is 0 Å². The second-order valence-corrected chi connectivity index (χ2v) is 5.38. The van der Waals surface area contributed by atoms with Gasteiger partial charge in [-0.25, -0.2) is 0 Å². The van der Waals surface area contributed by atoms with E-state index in [4.69, 9.17) is 4.74 Å². The fourth-order valence-electron chi connectivity index (χ4n) is 2.46. The molecule has 0 unspecified atom stereocenters. The summed E-state index contributed by atoms with van der Waals surface area (Å²) in [6.07, 6.45) is 4.58. The lowest BCUT2D eigenvalue weighted by molar-refractivity contribution is 0.0612. The summed E-state index contributed by atoms with van der Waals surface area (Å²) in [6.45, 7) is 1.04. The van der Waals surface area contributed by atoms with E-state index in [2.05, 4.69) is 15.3 Å². The molecule has 3 rings (SSSR count). The van der Waals surface area contributed by atoms with Gasteiger partial charge in [0, 0.05) is 5.92 Å². The molecule has 0 aromatic carbocycles. The topological polar surface area (TPSA) is 67.0 Å². The first-order chi connectivity index (χ1) is 8.74. The zero-order valence-corrected chi connectivity index (χ0v) is 10.6. The summed E-state index contributed by atoms with van der Waals surface area (Å²) in [6, 6.07) is 1.46. The molecule has 5 heteroatoms. The van der Waals surface area contributed by atoms with Crippen LogP contribution in [0, 0.1) is 5.92 Å². The molecule has 2 fully saturated rings. The molecule has 0 bridgehead atoms. The van der Waals surface area contributed by atoms with Crippen LogP contribution in [0.25, 0.3) is 0 Å². The van der Waals surface area contributed by atoms with Crippen molar-refractivity contribution >= 4 is 0 Å². The summed E-state index contributed by atoms with van der Waals surface area (Å²) in [7, 11) is 1.97. The van der Waals surface area contributed by atoms with E-state index < -0.39 is 0 Å². The van der Waals surface area contributed by atoms with Crippen molar-refractivity contribution in [1.29, 1.82) is 0 Å². The van der Waals surface area contributed by atoms with Crippen LogP contribution >= 0.6 is 0 Å². The van der Waals surface area contributed by atoms with E-state index in [0.29, 0.717) is 17.7 Å². The lowest BCUT2D eigenvalue weighted by atomic mass is 9.82. The second kappa shape index (κ2) is 4.72. The van der Waals surface area contributed by atoms with Gasteiger partial charge in [0.2, 0.25) is 5.88 Å². The molecule has 1 heterocycles. The molecule has 0 radical (unpaired) electrons. The predicted octanol–water partition coefficient (Wildman–Crippen LogP) is 1.02. The Hall–Kier alpha value is -1.36. The van der Waals surface area contributed by atoms with Crippen molar-refractivity contribution in [3.63, 3.8) is 0 Å². The number of aromatic nitrogens is 2. The summed E-state index contributed by atoms with van der Waals surface area (Å²) < 4.78 is 5.77. The van der Waals surface area contributed by atoms with Crippen molar-refractivity contribution in [3.8, 4) is 5.88 Å². The van der Waals surface area contributed by atoms with Crippen LogP contribution < -0.4 is 15.6 Å². The van der Waals surface area contributed by atoms with Gasteiger partial charge in [-0.05, 0) is 45.2 Å². The minimum absolute atomic E-state index is 0.104. The van der Waals surface area contributed by atoms with E-state index in [1.54, 1.807) is 0 Å². The normalized spacial score (nSPS) is 26.7. The number of H-pyrrole nitrogens is 1. The van der Waals surface area contributed by atoms with Gasteiger partial charge in [-0.15, -0.1) is 0 Å². The lowest BCUT2D eigenvalue weighted by Crippen LogP contribution is -2.39. The molecule has 98 valence electrons. The Kier molecular flexibility index (Phi) is 3.07.